The molecule has 1 unspecified atom stereocenters. The Morgan fingerprint density at radius 2 is 1.89 bits per heavy atom. The predicted molar refractivity (Wildman–Crippen MR) is 113 cm³/mol. The van der Waals surface area contributed by atoms with Crippen LogP contribution >= 0.6 is 11.3 Å². The lowest BCUT2D eigenvalue weighted by Crippen LogP contribution is -3.14. The molecule has 144 valence electrons. The van der Waals surface area contributed by atoms with E-state index in [0.717, 1.165) is 40.7 Å². The maximum Gasteiger partial charge on any atom is 0.256 e. The third-order valence-corrected chi connectivity index (χ3v) is 6.65. The van der Waals surface area contributed by atoms with E-state index in [4.69, 9.17) is 5.73 Å². The number of benzene rings is 2. The summed E-state index contributed by atoms with van der Waals surface area (Å²) < 4.78 is 0. The number of nitrogens with one attached hydrogen (secondary N) is 2. The van der Waals surface area contributed by atoms with Crippen LogP contribution in [0.1, 0.15) is 45.0 Å². The molecule has 2 amide bonds. The summed E-state index contributed by atoms with van der Waals surface area (Å²) in [4.78, 5) is 27.8. The van der Waals surface area contributed by atoms with Gasteiger partial charge in [0.15, 0.2) is 0 Å². The van der Waals surface area contributed by atoms with Crippen LogP contribution in [0, 0.1) is 0 Å². The van der Waals surface area contributed by atoms with Crippen molar-refractivity contribution >= 4 is 38.9 Å². The quantitative estimate of drug-likeness (QED) is 0.636. The van der Waals surface area contributed by atoms with E-state index in [1.807, 2.05) is 36.4 Å². The molecule has 2 heterocycles. The fraction of sp³-hybridized carbons (Fsp3) is 0.273. The van der Waals surface area contributed by atoms with Crippen molar-refractivity contribution < 1.29 is 14.5 Å². The molecule has 1 aliphatic heterocycles. The average molecular weight is 395 g/mol. The van der Waals surface area contributed by atoms with E-state index in [0.29, 0.717) is 22.2 Å². The van der Waals surface area contributed by atoms with Crippen LogP contribution in [-0.2, 0) is 13.0 Å². The number of anilines is 1. The molecule has 0 saturated heterocycles. The van der Waals surface area contributed by atoms with Gasteiger partial charge in [-0.2, -0.15) is 0 Å². The van der Waals surface area contributed by atoms with Gasteiger partial charge >= 0.3 is 0 Å². The second-order valence-electron chi connectivity index (χ2n) is 7.54. The van der Waals surface area contributed by atoms with E-state index in [-0.39, 0.29) is 5.91 Å². The van der Waals surface area contributed by atoms with Crippen LogP contribution in [0.4, 0.5) is 5.00 Å². The van der Waals surface area contributed by atoms with Gasteiger partial charge in [0, 0.05) is 12.0 Å². The van der Waals surface area contributed by atoms with Crippen LogP contribution in [0.25, 0.3) is 10.8 Å². The summed E-state index contributed by atoms with van der Waals surface area (Å²) in [5.41, 5.74) is 7.78. The molecule has 1 aliphatic rings. The zero-order valence-corrected chi connectivity index (χ0v) is 16.9. The van der Waals surface area contributed by atoms with Crippen molar-refractivity contribution in [3.05, 3.63) is 64.0 Å². The highest BCUT2D eigenvalue weighted by Gasteiger charge is 2.30. The van der Waals surface area contributed by atoms with Gasteiger partial charge < -0.3 is 16.0 Å². The maximum absolute atomic E-state index is 13.0. The minimum atomic E-state index is -0.473. The number of primary amides is 1. The van der Waals surface area contributed by atoms with Crippen LogP contribution in [0.15, 0.2) is 42.5 Å². The first kappa shape index (κ1) is 18.7. The van der Waals surface area contributed by atoms with Crippen LogP contribution in [0.5, 0.6) is 0 Å². The lowest BCUT2D eigenvalue weighted by molar-refractivity contribution is -0.936. The van der Waals surface area contributed by atoms with Gasteiger partial charge in [-0.05, 0) is 36.2 Å². The van der Waals surface area contributed by atoms with Crippen molar-refractivity contribution in [1.82, 2.24) is 0 Å². The smallest absolute Gasteiger partial charge is 0.256 e. The Labute approximate surface area is 168 Å². The highest BCUT2D eigenvalue weighted by Crippen LogP contribution is 2.35. The SMILES string of the molecule is CC(C)[NH+]1CCc2c(sc(NC(=O)c3cccc4ccccc34)c2C(N)=O)C1. The van der Waals surface area contributed by atoms with Crippen molar-refractivity contribution in [3.8, 4) is 0 Å². The molecule has 4 N–H and O–H groups in total. The van der Waals surface area contributed by atoms with Crippen LogP contribution in [0.2, 0.25) is 0 Å². The second kappa shape index (κ2) is 7.37. The standard InChI is InChI=1S/C22H23N3O2S/c1-13(2)25-11-10-17-18(12-25)28-22(19(17)20(23)26)24-21(27)16-9-5-7-14-6-3-4-8-15(14)16/h3-9,13H,10-12H2,1-2H3,(H2,23,26)(H,24,27)/p+1. The van der Waals surface area contributed by atoms with Crippen LogP contribution in [-0.4, -0.2) is 24.4 Å². The molecule has 0 radical (unpaired) electrons. The molecule has 1 atom stereocenters. The van der Waals surface area contributed by atoms with Crippen molar-refractivity contribution in [2.45, 2.75) is 32.9 Å². The van der Waals surface area contributed by atoms with E-state index in [1.165, 1.54) is 16.2 Å². The molecular formula is C22H24N3O2S+. The second-order valence-corrected chi connectivity index (χ2v) is 8.65. The monoisotopic (exact) mass is 394 g/mol. The number of rotatable bonds is 4. The van der Waals surface area contributed by atoms with Gasteiger partial charge in [-0.15, -0.1) is 11.3 Å². The molecule has 0 spiro atoms. The summed E-state index contributed by atoms with van der Waals surface area (Å²) in [5.74, 6) is -0.690. The van der Waals surface area contributed by atoms with Gasteiger partial charge in [0.2, 0.25) is 0 Å². The Morgan fingerprint density at radius 1 is 1.14 bits per heavy atom. The number of hydrogen-bond donors (Lipinski definition) is 3. The van der Waals surface area contributed by atoms with Crippen LogP contribution in [0.3, 0.4) is 0 Å². The van der Waals surface area contributed by atoms with Crippen molar-refractivity contribution in [2.24, 2.45) is 5.73 Å². The molecule has 0 fully saturated rings. The highest BCUT2D eigenvalue weighted by molar-refractivity contribution is 7.17. The van der Waals surface area contributed by atoms with E-state index in [2.05, 4.69) is 19.2 Å². The topological polar surface area (TPSA) is 76.6 Å². The zero-order valence-electron chi connectivity index (χ0n) is 16.0. The first-order chi connectivity index (χ1) is 13.5. The van der Waals surface area contributed by atoms with Gasteiger partial charge in [0.25, 0.3) is 11.8 Å². The molecule has 28 heavy (non-hydrogen) atoms. The number of hydrogen-bond acceptors (Lipinski definition) is 3. The van der Waals surface area contributed by atoms with Crippen molar-refractivity contribution in [2.75, 3.05) is 11.9 Å². The van der Waals surface area contributed by atoms with E-state index >= 15 is 0 Å². The van der Waals surface area contributed by atoms with Gasteiger partial charge in [-0.3, -0.25) is 9.59 Å². The molecule has 2 aromatic carbocycles. The summed E-state index contributed by atoms with van der Waals surface area (Å²) in [7, 11) is 0. The fourth-order valence-corrected chi connectivity index (χ4v) is 5.24. The molecule has 3 aromatic rings. The number of quaternary nitrogens is 1. The zero-order chi connectivity index (χ0) is 19.8. The normalized spacial score (nSPS) is 16.2. The molecule has 4 rings (SSSR count). The summed E-state index contributed by atoms with van der Waals surface area (Å²) in [5, 5.41) is 5.44. The van der Waals surface area contributed by atoms with Gasteiger partial charge in [0.05, 0.1) is 23.0 Å². The fourth-order valence-electron chi connectivity index (χ4n) is 3.93. The largest absolute Gasteiger partial charge is 0.365 e. The highest BCUT2D eigenvalue weighted by atomic mass is 32.1. The van der Waals surface area contributed by atoms with E-state index < -0.39 is 5.91 Å². The minimum absolute atomic E-state index is 0.217. The lowest BCUT2D eigenvalue weighted by atomic mass is 10.0. The Bertz CT molecular complexity index is 1070. The molecular weight excluding hydrogens is 370 g/mol. The Hall–Kier alpha value is -2.70. The Kier molecular flexibility index (Phi) is 4.91. The Morgan fingerprint density at radius 3 is 2.64 bits per heavy atom. The van der Waals surface area contributed by atoms with Crippen molar-refractivity contribution in [1.29, 1.82) is 0 Å². The number of carbonyl (C=O) groups excluding carboxylic acids is 2. The Balaban J connectivity index is 1.70. The molecule has 6 heteroatoms. The number of fused-ring (bicyclic) bond motifs is 2. The van der Waals surface area contributed by atoms with Gasteiger partial charge in [-0.25, -0.2) is 0 Å². The summed E-state index contributed by atoms with van der Waals surface area (Å²) in [6.07, 6.45) is 0.807. The predicted octanol–water partition coefficient (Wildman–Crippen LogP) is 2.60. The number of carbonyl (C=O) groups is 2. The lowest BCUT2D eigenvalue weighted by Gasteiger charge is -2.27. The summed E-state index contributed by atoms with van der Waals surface area (Å²) in [6, 6.07) is 14.0. The number of nitrogens with two attached hydrogens (primary N) is 1. The summed E-state index contributed by atoms with van der Waals surface area (Å²) in [6.45, 7) is 6.23. The third-order valence-electron chi connectivity index (χ3n) is 5.50. The number of thiophene rings is 1. The summed E-state index contributed by atoms with van der Waals surface area (Å²) >= 11 is 1.49. The van der Waals surface area contributed by atoms with Gasteiger partial charge in [0.1, 0.15) is 11.5 Å². The van der Waals surface area contributed by atoms with E-state index in [1.54, 1.807) is 6.07 Å². The molecule has 0 aliphatic carbocycles. The van der Waals surface area contributed by atoms with E-state index in [9.17, 15) is 9.59 Å². The molecule has 0 saturated carbocycles. The van der Waals surface area contributed by atoms with Crippen LogP contribution < -0.4 is 16.0 Å². The van der Waals surface area contributed by atoms with Gasteiger partial charge in [-0.1, -0.05) is 36.4 Å². The third kappa shape index (κ3) is 3.30. The molecule has 1 aromatic heterocycles. The molecule has 0 bridgehead atoms. The maximum atomic E-state index is 13.0. The first-order valence-corrected chi connectivity index (χ1v) is 10.4. The van der Waals surface area contributed by atoms with Crippen molar-refractivity contribution in [3.63, 3.8) is 0 Å². The number of amides is 2. The average Bonchev–Trinajstić information content (AvgIpc) is 3.04. The minimum Gasteiger partial charge on any atom is -0.365 e. The molecule has 5 nitrogen and oxygen atoms in total. The first-order valence-electron chi connectivity index (χ1n) is 9.53.